The highest BCUT2D eigenvalue weighted by Gasteiger charge is 2.67. The first-order valence-electron chi connectivity index (χ1n) is 8.45. The molecule has 9 heteroatoms. The maximum atomic E-state index is 13.9. The van der Waals surface area contributed by atoms with Gasteiger partial charge in [-0.2, -0.15) is 13.2 Å². The minimum Gasteiger partial charge on any atom is -0.312 e. The third-order valence-corrected chi connectivity index (χ3v) is 4.77. The van der Waals surface area contributed by atoms with Gasteiger partial charge >= 0.3 is 11.8 Å². The van der Waals surface area contributed by atoms with Gasteiger partial charge in [0.15, 0.2) is 0 Å². The summed E-state index contributed by atoms with van der Waals surface area (Å²) in [6.45, 7) is 1.37. The third-order valence-electron chi connectivity index (χ3n) is 4.77. The van der Waals surface area contributed by atoms with Crippen molar-refractivity contribution in [2.75, 3.05) is 0 Å². The van der Waals surface area contributed by atoms with Gasteiger partial charge in [-0.3, -0.25) is 19.5 Å². The number of aromatic nitrogens is 1. The first-order chi connectivity index (χ1) is 12.3. The van der Waals surface area contributed by atoms with Crippen molar-refractivity contribution >= 4 is 17.6 Å². The van der Waals surface area contributed by atoms with Gasteiger partial charge in [-0.1, -0.05) is 19.3 Å². The van der Waals surface area contributed by atoms with E-state index in [9.17, 15) is 22.8 Å². The summed E-state index contributed by atoms with van der Waals surface area (Å²) >= 11 is 0. The van der Waals surface area contributed by atoms with E-state index >= 15 is 0 Å². The van der Waals surface area contributed by atoms with Crippen LogP contribution in [0.25, 0.3) is 0 Å². The van der Waals surface area contributed by atoms with Crippen molar-refractivity contribution in [1.82, 2.24) is 15.2 Å². The number of nitrogens with one attached hydrogen (secondary N) is 1. The Morgan fingerprint density at radius 1 is 1.31 bits per heavy atom. The van der Waals surface area contributed by atoms with Crippen molar-refractivity contribution in [2.45, 2.75) is 56.9 Å². The molecule has 1 aliphatic carbocycles. The Labute approximate surface area is 148 Å². The number of carbonyl (C=O) groups is 2. The first-order valence-corrected chi connectivity index (χ1v) is 8.45. The summed E-state index contributed by atoms with van der Waals surface area (Å²) in [5, 5.41) is 1.82. The first kappa shape index (κ1) is 18.3. The third kappa shape index (κ3) is 3.06. The Morgan fingerprint density at radius 2 is 2.00 bits per heavy atom. The van der Waals surface area contributed by atoms with E-state index in [1.807, 2.05) is 5.32 Å². The molecule has 1 aromatic heterocycles. The monoisotopic (exact) mass is 368 g/mol. The standard InChI is InChI=1S/C17H19F3N4O2/c1-11-22-16(17(18,19)20,23-14(25)12-6-5-9-21-10-12)15(26)24(11)13-7-3-2-4-8-13/h5-6,9-10,13H,2-4,7-8H2,1H3,(H,23,25). The van der Waals surface area contributed by atoms with Gasteiger partial charge in [-0.25, -0.2) is 4.99 Å². The normalized spacial score (nSPS) is 24.5. The van der Waals surface area contributed by atoms with Crippen LogP contribution in [0.15, 0.2) is 29.5 Å². The van der Waals surface area contributed by atoms with Crippen molar-refractivity contribution in [2.24, 2.45) is 4.99 Å². The maximum absolute atomic E-state index is 13.9. The molecular formula is C17H19F3N4O2. The van der Waals surface area contributed by atoms with Crippen molar-refractivity contribution in [3.63, 3.8) is 0 Å². The molecule has 3 rings (SSSR count). The van der Waals surface area contributed by atoms with E-state index in [2.05, 4.69) is 9.98 Å². The number of amides is 2. The summed E-state index contributed by atoms with van der Waals surface area (Å²) < 4.78 is 41.6. The summed E-state index contributed by atoms with van der Waals surface area (Å²) in [6.07, 6.45) is 1.42. The zero-order valence-corrected chi connectivity index (χ0v) is 14.2. The van der Waals surface area contributed by atoms with Gasteiger partial charge in [0.1, 0.15) is 5.84 Å². The SMILES string of the molecule is CC1=NC(NC(=O)c2cccnc2)(C(F)(F)F)C(=O)N1C1CCCCC1. The Bertz CT molecular complexity index is 729. The van der Waals surface area contributed by atoms with Crippen LogP contribution < -0.4 is 5.32 Å². The average molecular weight is 368 g/mol. The van der Waals surface area contributed by atoms with Crippen LogP contribution >= 0.6 is 0 Å². The smallest absolute Gasteiger partial charge is 0.312 e. The van der Waals surface area contributed by atoms with Crippen LogP contribution in [0.5, 0.6) is 0 Å². The minimum absolute atomic E-state index is 0.0225. The fourth-order valence-corrected chi connectivity index (χ4v) is 3.51. The Hall–Kier alpha value is -2.45. The molecule has 1 unspecified atom stereocenters. The van der Waals surface area contributed by atoms with Crippen LogP contribution in [0.3, 0.4) is 0 Å². The van der Waals surface area contributed by atoms with Gasteiger partial charge in [-0.15, -0.1) is 0 Å². The van der Waals surface area contributed by atoms with Gasteiger partial charge in [0, 0.05) is 18.4 Å². The van der Waals surface area contributed by atoms with E-state index < -0.39 is 23.7 Å². The molecule has 2 amide bonds. The zero-order chi connectivity index (χ0) is 18.9. The molecule has 1 fully saturated rings. The lowest BCUT2D eigenvalue weighted by molar-refractivity contribution is -0.197. The molecule has 140 valence electrons. The highest BCUT2D eigenvalue weighted by molar-refractivity contribution is 6.10. The number of pyridine rings is 1. The summed E-state index contributed by atoms with van der Waals surface area (Å²) in [5.41, 5.74) is -3.37. The maximum Gasteiger partial charge on any atom is 0.442 e. The number of rotatable bonds is 3. The summed E-state index contributed by atoms with van der Waals surface area (Å²) in [6, 6.07) is 2.43. The van der Waals surface area contributed by atoms with E-state index in [1.165, 1.54) is 25.3 Å². The summed E-state index contributed by atoms with van der Waals surface area (Å²) in [5.74, 6) is -2.32. The predicted octanol–water partition coefficient (Wildman–Crippen LogP) is 2.66. The molecule has 2 aliphatic rings. The lowest BCUT2D eigenvalue weighted by atomic mass is 9.93. The van der Waals surface area contributed by atoms with Crippen molar-refractivity contribution in [3.05, 3.63) is 30.1 Å². The Morgan fingerprint density at radius 3 is 2.58 bits per heavy atom. The number of alkyl halides is 3. The molecule has 6 nitrogen and oxygen atoms in total. The second-order valence-corrected chi connectivity index (χ2v) is 6.53. The molecule has 0 saturated heterocycles. The number of nitrogens with zero attached hydrogens (tertiary/aromatic N) is 3. The number of amidine groups is 1. The quantitative estimate of drug-likeness (QED) is 0.891. The second kappa shape index (κ2) is 6.69. The molecule has 0 bridgehead atoms. The Kier molecular flexibility index (Phi) is 4.72. The largest absolute Gasteiger partial charge is 0.442 e. The van der Waals surface area contributed by atoms with E-state index in [-0.39, 0.29) is 17.4 Å². The van der Waals surface area contributed by atoms with Crippen molar-refractivity contribution in [1.29, 1.82) is 0 Å². The molecule has 2 heterocycles. The number of hydrogen-bond donors (Lipinski definition) is 1. The van der Waals surface area contributed by atoms with E-state index in [4.69, 9.17) is 0 Å². The highest BCUT2D eigenvalue weighted by atomic mass is 19.4. The fraction of sp³-hybridized carbons (Fsp3) is 0.529. The molecule has 0 aromatic carbocycles. The van der Waals surface area contributed by atoms with Gasteiger partial charge in [0.05, 0.1) is 5.56 Å². The molecule has 1 saturated carbocycles. The predicted molar refractivity (Wildman–Crippen MR) is 87.3 cm³/mol. The molecule has 1 aromatic rings. The zero-order valence-electron chi connectivity index (χ0n) is 14.2. The highest BCUT2D eigenvalue weighted by Crippen LogP contribution is 2.39. The van der Waals surface area contributed by atoms with Crippen LogP contribution in [0.4, 0.5) is 13.2 Å². The average Bonchev–Trinajstić information content (AvgIpc) is 2.87. The molecule has 1 N–H and O–H groups in total. The van der Waals surface area contributed by atoms with Crippen LogP contribution in [0.1, 0.15) is 49.4 Å². The van der Waals surface area contributed by atoms with E-state index in [1.54, 1.807) is 0 Å². The molecule has 1 atom stereocenters. The van der Waals surface area contributed by atoms with Gasteiger partial charge in [0.25, 0.3) is 11.8 Å². The lowest BCUT2D eigenvalue weighted by Crippen LogP contribution is -2.64. The minimum atomic E-state index is -5.06. The summed E-state index contributed by atoms with van der Waals surface area (Å²) in [4.78, 5) is 33.5. The summed E-state index contributed by atoms with van der Waals surface area (Å²) in [7, 11) is 0. The van der Waals surface area contributed by atoms with E-state index in [0.717, 1.165) is 30.4 Å². The molecule has 26 heavy (non-hydrogen) atoms. The van der Waals surface area contributed by atoms with Gasteiger partial charge in [0.2, 0.25) is 0 Å². The fourth-order valence-electron chi connectivity index (χ4n) is 3.51. The van der Waals surface area contributed by atoms with Crippen LogP contribution in [-0.4, -0.2) is 45.4 Å². The second-order valence-electron chi connectivity index (χ2n) is 6.53. The number of halogens is 3. The van der Waals surface area contributed by atoms with Gasteiger partial charge < -0.3 is 5.32 Å². The number of carbonyl (C=O) groups excluding carboxylic acids is 2. The number of hydrogen-bond acceptors (Lipinski definition) is 4. The van der Waals surface area contributed by atoms with Crippen LogP contribution in [0.2, 0.25) is 0 Å². The van der Waals surface area contributed by atoms with Gasteiger partial charge in [-0.05, 0) is 31.9 Å². The molecule has 0 radical (unpaired) electrons. The molecule has 0 spiro atoms. The van der Waals surface area contributed by atoms with Crippen molar-refractivity contribution in [3.8, 4) is 0 Å². The molecule has 1 aliphatic heterocycles. The Balaban J connectivity index is 1.93. The van der Waals surface area contributed by atoms with Crippen molar-refractivity contribution < 1.29 is 22.8 Å². The van der Waals surface area contributed by atoms with E-state index in [0.29, 0.717) is 12.8 Å². The molecular weight excluding hydrogens is 349 g/mol. The van der Waals surface area contributed by atoms with Crippen LogP contribution in [0, 0.1) is 0 Å². The lowest BCUT2D eigenvalue weighted by Gasteiger charge is -2.34. The van der Waals surface area contributed by atoms with Crippen LogP contribution in [-0.2, 0) is 4.79 Å². The topological polar surface area (TPSA) is 74.7 Å². The number of aliphatic imine (C=N–C) groups is 1.